The van der Waals surface area contributed by atoms with Crippen LogP contribution in [0.2, 0.25) is 5.02 Å². The summed E-state index contributed by atoms with van der Waals surface area (Å²) in [6.07, 6.45) is 3.07. The zero-order valence-corrected chi connectivity index (χ0v) is 13.1. The number of pyridine rings is 1. The molecular weight excluding hydrogens is 324 g/mol. The first-order chi connectivity index (χ1) is 10.5. The van der Waals surface area contributed by atoms with E-state index in [2.05, 4.69) is 4.98 Å². The number of aromatic nitrogens is 1. The van der Waals surface area contributed by atoms with E-state index in [-0.39, 0.29) is 23.9 Å². The van der Waals surface area contributed by atoms with Gasteiger partial charge in [0, 0.05) is 36.1 Å². The molecule has 1 amide bonds. The van der Waals surface area contributed by atoms with Gasteiger partial charge >= 0.3 is 0 Å². The first-order valence-electron chi connectivity index (χ1n) is 6.67. The Kier molecular flexibility index (Phi) is 3.88. The fraction of sp³-hybridized carbons (Fsp3) is 0.200. The number of carbonyl (C=O) groups is 1. The molecule has 0 radical (unpaired) electrons. The lowest BCUT2D eigenvalue weighted by Gasteiger charge is -2.38. The fourth-order valence-electron chi connectivity index (χ4n) is 2.29. The molecule has 1 saturated heterocycles. The Labute approximate surface area is 133 Å². The molecule has 0 unspecified atom stereocenters. The van der Waals surface area contributed by atoms with Crippen molar-refractivity contribution in [3.8, 4) is 0 Å². The van der Waals surface area contributed by atoms with Crippen LogP contribution in [0.1, 0.15) is 10.4 Å². The average molecular weight is 337 g/mol. The molecular formula is C15H13ClN2O3S. The highest BCUT2D eigenvalue weighted by Crippen LogP contribution is 2.25. The number of benzene rings is 1. The number of hydrogen-bond donors (Lipinski definition) is 0. The standard InChI is InChI=1S/C15H13ClN2O3S/c16-12-1-3-13(4-2-12)22(20,21)14-9-18(10-14)15(19)11-5-7-17-8-6-11/h1-8,14H,9-10H2. The Morgan fingerprint density at radius 2 is 1.68 bits per heavy atom. The maximum absolute atomic E-state index is 12.4. The monoisotopic (exact) mass is 336 g/mol. The van der Waals surface area contributed by atoms with Crippen LogP contribution in [0, 0.1) is 0 Å². The lowest BCUT2D eigenvalue weighted by Crippen LogP contribution is -2.56. The molecule has 1 aliphatic rings. The van der Waals surface area contributed by atoms with Crippen molar-refractivity contribution >= 4 is 27.3 Å². The van der Waals surface area contributed by atoms with Gasteiger partial charge in [0.15, 0.2) is 9.84 Å². The Bertz CT molecular complexity index is 785. The predicted octanol–water partition coefficient (Wildman–Crippen LogP) is 2.03. The fourth-order valence-corrected chi connectivity index (χ4v) is 4.07. The normalized spacial score (nSPS) is 15.4. The smallest absolute Gasteiger partial charge is 0.254 e. The first-order valence-corrected chi connectivity index (χ1v) is 8.59. The summed E-state index contributed by atoms with van der Waals surface area (Å²) in [7, 11) is -3.43. The van der Waals surface area contributed by atoms with Crippen LogP contribution < -0.4 is 0 Å². The predicted molar refractivity (Wildman–Crippen MR) is 82.6 cm³/mol. The molecule has 0 spiro atoms. The second-order valence-electron chi connectivity index (χ2n) is 5.07. The highest BCUT2D eigenvalue weighted by Gasteiger charge is 2.40. The van der Waals surface area contributed by atoms with E-state index in [9.17, 15) is 13.2 Å². The van der Waals surface area contributed by atoms with Crippen LogP contribution in [0.4, 0.5) is 0 Å². The molecule has 0 bridgehead atoms. The molecule has 22 heavy (non-hydrogen) atoms. The van der Waals surface area contributed by atoms with Gasteiger partial charge in [-0.3, -0.25) is 9.78 Å². The maximum Gasteiger partial charge on any atom is 0.254 e. The zero-order chi connectivity index (χ0) is 15.7. The molecule has 5 nitrogen and oxygen atoms in total. The molecule has 0 atom stereocenters. The van der Waals surface area contributed by atoms with Gasteiger partial charge in [-0.25, -0.2) is 8.42 Å². The van der Waals surface area contributed by atoms with Crippen molar-refractivity contribution in [1.29, 1.82) is 0 Å². The van der Waals surface area contributed by atoms with Gasteiger partial charge in [0.1, 0.15) is 5.25 Å². The molecule has 1 aromatic carbocycles. The van der Waals surface area contributed by atoms with E-state index >= 15 is 0 Å². The van der Waals surface area contributed by atoms with Gasteiger partial charge in [0.25, 0.3) is 5.91 Å². The Morgan fingerprint density at radius 1 is 1.09 bits per heavy atom. The van der Waals surface area contributed by atoms with E-state index in [0.717, 1.165) is 0 Å². The van der Waals surface area contributed by atoms with E-state index in [1.54, 1.807) is 24.3 Å². The Morgan fingerprint density at radius 3 is 2.27 bits per heavy atom. The number of hydrogen-bond acceptors (Lipinski definition) is 4. The number of sulfone groups is 1. The van der Waals surface area contributed by atoms with Crippen molar-refractivity contribution in [3.05, 3.63) is 59.4 Å². The van der Waals surface area contributed by atoms with Crippen LogP contribution in [-0.2, 0) is 9.84 Å². The molecule has 3 rings (SSSR count). The highest BCUT2D eigenvalue weighted by atomic mass is 35.5. The third-order valence-electron chi connectivity index (χ3n) is 3.64. The quantitative estimate of drug-likeness (QED) is 0.860. The Balaban J connectivity index is 1.70. The van der Waals surface area contributed by atoms with Crippen molar-refractivity contribution in [2.24, 2.45) is 0 Å². The first kappa shape index (κ1) is 15.0. The van der Waals surface area contributed by atoms with E-state index < -0.39 is 15.1 Å². The van der Waals surface area contributed by atoms with Gasteiger partial charge in [-0.15, -0.1) is 0 Å². The van der Waals surface area contributed by atoms with Crippen LogP contribution >= 0.6 is 11.6 Å². The summed E-state index contributed by atoms with van der Waals surface area (Å²) in [5.41, 5.74) is 0.511. The largest absolute Gasteiger partial charge is 0.336 e. The summed E-state index contributed by atoms with van der Waals surface area (Å²) < 4.78 is 24.9. The molecule has 0 aliphatic carbocycles. The second kappa shape index (κ2) is 5.70. The summed E-state index contributed by atoms with van der Waals surface area (Å²) in [6, 6.07) is 9.31. The minimum Gasteiger partial charge on any atom is -0.336 e. The number of nitrogens with zero attached hydrogens (tertiary/aromatic N) is 2. The maximum atomic E-state index is 12.4. The topological polar surface area (TPSA) is 67.3 Å². The summed E-state index contributed by atoms with van der Waals surface area (Å²) in [6.45, 7) is 0.401. The summed E-state index contributed by atoms with van der Waals surface area (Å²) in [4.78, 5) is 17.8. The summed E-state index contributed by atoms with van der Waals surface area (Å²) in [5.74, 6) is -0.176. The lowest BCUT2D eigenvalue weighted by molar-refractivity contribution is 0.0658. The average Bonchev–Trinajstić information content (AvgIpc) is 2.46. The van der Waals surface area contributed by atoms with Gasteiger partial charge in [-0.05, 0) is 36.4 Å². The van der Waals surface area contributed by atoms with Crippen LogP contribution in [0.5, 0.6) is 0 Å². The highest BCUT2D eigenvalue weighted by molar-refractivity contribution is 7.92. The lowest BCUT2D eigenvalue weighted by atomic mass is 10.1. The summed E-state index contributed by atoms with van der Waals surface area (Å²) in [5, 5.41) is -0.0819. The molecule has 2 aromatic rings. The molecule has 2 heterocycles. The van der Waals surface area contributed by atoms with Gasteiger partial charge in [0.2, 0.25) is 0 Å². The molecule has 1 fully saturated rings. The third kappa shape index (κ3) is 2.71. The van der Waals surface area contributed by atoms with Crippen molar-refractivity contribution in [1.82, 2.24) is 9.88 Å². The van der Waals surface area contributed by atoms with Gasteiger partial charge in [-0.1, -0.05) is 11.6 Å². The van der Waals surface area contributed by atoms with Gasteiger partial charge in [-0.2, -0.15) is 0 Å². The molecule has 7 heteroatoms. The van der Waals surface area contributed by atoms with Crippen molar-refractivity contribution < 1.29 is 13.2 Å². The molecule has 114 valence electrons. The van der Waals surface area contributed by atoms with Crippen molar-refractivity contribution in [2.75, 3.05) is 13.1 Å². The summed E-state index contributed by atoms with van der Waals surface area (Å²) >= 11 is 5.77. The number of carbonyl (C=O) groups excluding carboxylic acids is 1. The number of likely N-dealkylation sites (tertiary alicyclic amines) is 1. The second-order valence-corrected chi connectivity index (χ2v) is 7.73. The molecule has 0 N–H and O–H groups in total. The molecule has 1 aromatic heterocycles. The van der Waals surface area contributed by atoms with Crippen LogP contribution in [0.3, 0.4) is 0 Å². The van der Waals surface area contributed by atoms with Gasteiger partial charge in [0.05, 0.1) is 4.90 Å². The minimum atomic E-state index is -3.43. The van der Waals surface area contributed by atoms with Crippen molar-refractivity contribution in [2.45, 2.75) is 10.1 Å². The number of rotatable bonds is 3. The zero-order valence-electron chi connectivity index (χ0n) is 11.5. The van der Waals surface area contributed by atoms with Crippen molar-refractivity contribution in [3.63, 3.8) is 0 Å². The molecule has 0 saturated carbocycles. The minimum absolute atomic E-state index is 0.176. The number of amides is 1. The third-order valence-corrected chi connectivity index (χ3v) is 6.00. The van der Waals surface area contributed by atoms with Gasteiger partial charge < -0.3 is 4.90 Å². The van der Waals surface area contributed by atoms with Crippen LogP contribution in [-0.4, -0.2) is 42.5 Å². The van der Waals surface area contributed by atoms with Crippen LogP contribution in [0.15, 0.2) is 53.7 Å². The van der Waals surface area contributed by atoms with E-state index in [4.69, 9.17) is 11.6 Å². The SMILES string of the molecule is O=C(c1ccncc1)N1CC(S(=O)(=O)c2ccc(Cl)cc2)C1. The number of halogens is 1. The van der Waals surface area contributed by atoms with Crippen LogP contribution in [0.25, 0.3) is 0 Å². The Hall–Kier alpha value is -1.92. The molecule has 1 aliphatic heterocycles. The van der Waals surface area contributed by atoms with E-state index in [0.29, 0.717) is 10.6 Å². The van der Waals surface area contributed by atoms with E-state index in [1.165, 1.54) is 29.4 Å². The van der Waals surface area contributed by atoms with E-state index in [1.807, 2.05) is 0 Å².